The van der Waals surface area contributed by atoms with Crippen LogP contribution in [0.15, 0.2) is 18.2 Å². The Balaban J connectivity index is 2.56. The number of hydrogen-bond donors (Lipinski definition) is 2. The molecule has 1 rings (SSSR count). The molecule has 6 nitrogen and oxygen atoms in total. The van der Waals surface area contributed by atoms with Crippen LogP contribution in [0.2, 0.25) is 0 Å². The van der Waals surface area contributed by atoms with Gasteiger partial charge in [-0.25, -0.2) is 0 Å². The molecule has 0 aromatic heterocycles. The van der Waals surface area contributed by atoms with E-state index in [1.165, 1.54) is 12.1 Å². The van der Waals surface area contributed by atoms with E-state index < -0.39 is 4.92 Å². The summed E-state index contributed by atoms with van der Waals surface area (Å²) in [4.78, 5) is 12.3. The lowest BCUT2D eigenvalue weighted by atomic mass is 10.2. The summed E-state index contributed by atoms with van der Waals surface area (Å²) >= 11 is 0. The van der Waals surface area contributed by atoms with E-state index in [4.69, 9.17) is 5.73 Å². The number of nitro benzene ring substituents is 1. The van der Waals surface area contributed by atoms with Gasteiger partial charge in [0.05, 0.1) is 4.92 Å². The molecule has 0 saturated carbocycles. The highest BCUT2D eigenvalue weighted by atomic mass is 16.6. The second-order valence-corrected chi connectivity index (χ2v) is 4.15. The average molecular weight is 238 g/mol. The molecule has 0 atom stereocenters. The second-order valence-electron chi connectivity index (χ2n) is 4.15. The summed E-state index contributed by atoms with van der Waals surface area (Å²) in [5.41, 5.74) is 6.70. The molecule has 0 fully saturated rings. The van der Waals surface area contributed by atoms with Crippen molar-refractivity contribution in [3.8, 4) is 0 Å². The Labute approximate surface area is 101 Å². The second kappa shape index (κ2) is 6.05. The van der Waals surface area contributed by atoms with Crippen molar-refractivity contribution in [3.05, 3.63) is 28.3 Å². The zero-order valence-corrected chi connectivity index (χ0v) is 10.1. The minimum Gasteiger partial charge on any atom is -0.398 e. The molecule has 0 bridgehead atoms. The van der Waals surface area contributed by atoms with Gasteiger partial charge in [-0.05, 0) is 33.1 Å². The van der Waals surface area contributed by atoms with E-state index in [0.717, 1.165) is 19.5 Å². The predicted octanol–water partition coefficient (Wildman–Crippen LogP) is 1.54. The first kappa shape index (κ1) is 13.2. The monoisotopic (exact) mass is 238 g/mol. The Bertz CT molecular complexity index is 393. The van der Waals surface area contributed by atoms with Crippen molar-refractivity contribution in [3.63, 3.8) is 0 Å². The van der Waals surface area contributed by atoms with Crippen molar-refractivity contribution < 1.29 is 4.92 Å². The molecule has 6 heteroatoms. The van der Waals surface area contributed by atoms with E-state index in [0.29, 0.717) is 11.4 Å². The number of nitrogens with zero attached hydrogens (tertiary/aromatic N) is 2. The first-order valence-corrected chi connectivity index (χ1v) is 5.42. The zero-order valence-electron chi connectivity index (χ0n) is 10.1. The van der Waals surface area contributed by atoms with Crippen molar-refractivity contribution in [2.45, 2.75) is 6.42 Å². The lowest BCUT2D eigenvalue weighted by molar-refractivity contribution is -0.384. The Hall–Kier alpha value is -1.82. The maximum atomic E-state index is 10.6. The fourth-order valence-electron chi connectivity index (χ4n) is 1.47. The smallest absolute Gasteiger partial charge is 0.273 e. The molecule has 3 N–H and O–H groups in total. The fraction of sp³-hybridized carbons (Fsp3) is 0.455. The van der Waals surface area contributed by atoms with Crippen LogP contribution >= 0.6 is 0 Å². The molecule has 0 aliphatic carbocycles. The van der Waals surface area contributed by atoms with Crippen LogP contribution in [-0.2, 0) is 0 Å². The van der Waals surface area contributed by atoms with Crippen LogP contribution in [0.5, 0.6) is 0 Å². The number of nitro groups is 1. The predicted molar refractivity (Wildman–Crippen MR) is 69.2 cm³/mol. The lowest BCUT2D eigenvalue weighted by Crippen LogP contribution is -2.16. The molecular formula is C11H18N4O2. The molecule has 0 aliphatic heterocycles. The molecule has 1 aromatic carbocycles. The van der Waals surface area contributed by atoms with Crippen LogP contribution in [0.4, 0.5) is 17.1 Å². The molecule has 0 saturated heterocycles. The molecule has 0 aliphatic rings. The van der Waals surface area contributed by atoms with Gasteiger partial charge >= 0.3 is 0 Å². The molecule has 0 spiro atoms. The third-order valence-corrected chi connectivity index (χ3v) is 2.26. The fourth-order valence-corrected chi connectivity index (χ4v) is 1.47. The summed E-state index contributed by atoms with van der Waals surface area (Å²) in [5.74, 6) is 0. The highest BCUT2D eigenvalue weighted by molar-refractivity contribution is 5.61. The summed E-state index contributed by atoms with van der Waals surface area (Å²) in [6, 6.07) is 4.54. The maximum absolute atomic E-state index is 10.6. The molecule has 94 valence electrons. The highest BCUT2D eigenvalue weighted by Crippen LogP contribution is 2.22. The number of nitrogen functional groups attached to an aromatic ring is 1. The van der Waals surface area contributed by atoms with Crippen molar-refractivity contribution in [2.75, 3.05) is 38.2 Å². The Morgan fingerprint density at radius 2 is 2.12 bits per heavy atom. The Morgan fingerprint density at radius 3 is 2.71 bits per heavy atom. The third-order valence-electron chi connectivity index (χ3n) is 2.26. The van der Waals surface area contributed by atoms with E-state index in [2.05, 4.69) is 10.2 Å². The van der Waals surface area contributed by atoms with E-state index in [1.54, 1.807) is 6.07 Å². The van der Waals surface area contributed by atoms with Crippen LogP contribution in [0.3, 0.4) is 0 Å². The van der Waals surface area contributed by atoms with Crippen molar-refractivity contribution >= 4 is 17.1 Å². The van der Waals surface area contributed by atoms with Gasteiger partial charge in [0.15, 0.2) is 0 Å². The topological polar surface area (TPSA) is 84.4 Å². The van der Waals surface area contributed by atoms with E-state index in [9.17, 15) is 10.1 Å². The number of hydrogen-bond acceptors (Lipinski definition) is 5. The zero-order chi connectivity index (χ0) is 12.8. The molecule has 0 heterocycles. The number of benzene rings is 1. The number of rotatable bonds is 6. The van der Waals surface area contributed by atoms with Gasteiger partial charge in [-0.2, -0.15) is 0 Å². The number of anilines is 2. The molecule has 1 aromatic rings. The summed E-state index contributed by atoms with van der Waals surface area (Å²) < 4.78 is 0. The average Bonchev–Trinajstić information content (AvgIpc) is 2.23. The van der Waals surface area contributed by atoms with Gasteiger partial charge in [-0.1, -0.05) is 0 Å². The molecular weight excluding hydrogens is 220 g/mol. The maximum Gasteiger partial charge on any atom is 0.273 e. The molecule has 0 radical (unpaired) electrons. The van der Waals surface area contributed by atoms with Crippen LogP contribution < -0.4 is 11.1 Å². The summed E-state index contributed by atoms with van der Waals surface area (Å²) in [6.07, 6.45) is 0.968. The largest absolute Gasteiger partial charge is 0.398 e. The van der Waals surface area contributed by atoms with Crippen molar-refractivity contribution in [1.29, 1.82) is 0 Å². The molecule has 17 heavy (non-hydrogen) atoms. The standard InChI is InChI=1S/C11H18N4O2/c1-14(2)5-3-4-13-10-6-9(12)7-11(8-10)15(16)17/h6-8,13H,3-5,12H2,1-2H3. The van der Waals surface area contributed by atoms with Gasteiger partial charge in [-0.15, -0.1) is 0 Å². The summed E-state index contributed by atoms with van der Waals surface area (Å²) in [6.45, 7) is 1.73. The van der Waals surface area contributed by atoms with Crippen LogP contribution in [-0.4, -0.2) is 37.0 Å². The minimum atomic E-state index is -0.443. The third kappa shape index (κ3) is 4.69. The van der Waals surface area contributed by atoms with Crippen molar-refractivity contribution in [1.82, 2.24) is 4.90 Å². The summed E-state index contributed by atoms with van der Waals surface area (Å²) in [7, 11) is 4.01. The van der Waals surface area contributed by atoms with Crippen molar-refractivity contribution in [2.24, 2.45) is 0 Å². The first-order valence-electron chi connectivity index (χ1n) is 5.42. The summed E-state index contributed by atoms with van der Waals surface area (Å²) in [5, 5.41) is 13.8. The van der Waals surface area contributed by atoms with Gasteiger partial charge < -0.3 is 16.0 Å². The SMILES string of the molecule is CN(C)CCCNc1cc(N)cc([N+](=O)[O-])c1. The van der Waals surface area contributed by atoms with Gasteiger partial charge in [0.1, 0.15) is 0 Å². The van der Waals surface area contributed by atoms with Gasteiger partial charge in [0.25, 0.3) is 5.69 Å². The Morgan fingerprint density at radius 1 is 1.41 bits per heavy atom. The Kier molecular flexibility index (Phi) is 4.71. The van der Waals surface area contributed by atoms with E-state index in [-0.39, 0.29) is 5.69 Å². The number of nitrogens with two attached hydrogens (primary N) is 1. The highest BCUT2D eigenvalue weighted by Gasteiger charge is 2.07. The van der Waals surface area contributed by atoms with E-state index >= 15 is 0 Å². The number of nitrogens with one attached hydrogen (secondary N) is 1. The quantitative estimate of drug-likeness (QED) is 0.340. The van der Waals surface area contributed by atoms with Gasteiger partial charge in [0.2, 0.25) is 0 Å². The van der Waals surface area contributed by atoms with E-state index in [1.807, 2.05) is 14.1 Å². The first-order chi connectivity index (χ1) is 7.99. The molecule has 0 amide bonds. The minimum absolute atomic E-state index is 0.0140. The van der Waals surface area contributed by atoms with Crippen LogP contribution in [0.1, 0.15) is 6.42 Å². The van der Waals surface area contributed by atoms with Gasteiger partial charge in [0, 0.05) is 30.1 Å². The number of non-ortho nitro benzene ring substituents is 1. The van der Waals surface area contributed by atoms with Crippen LogP contribution in [0.25, 0.3) is 0 Å². The normalized spacial score (nSPS) is 10.5. The van der Waals surface area contributed by atoms with Gasteiger partial charge in [-0.3, -0.25) is 10.1 Å². The van der Waals surface area contributed by atoms with Crippen LogP contribution in [0, 0.1) is 10.1 Å². The lowest BCUT2D eigenvalue weighted by Gasteiger charge is -2.10. The molecule has 0 unspecified atom stereocenters.